The van der Waals surface area contributed by atoms with E-state index >= 15 is 0 Å². The maximum atomic E-state index is 12.2. The molecule has 2 fully saturated rings. The predicted octanol–water partition coefficient (Wildman–Crippen LogP) is 1.52. The standard InChI is InChI=1S/C16H21N3O3/c20-15(17-9-11-6-7-11)12-3-2-8-19(10-12)14-5-1-4-13(18-14)16(21)22/h1,4-5,11-12H,2-3,6-10H2,(H,17,20)(H,21,22). The molecule has 0 radical (unpaired) electrons. The summed E-state index contributed by atoms with van der Waals surface area (Å²) in [6, 6.07) is 4.98. The minimum absolute atomic E-state index is 0.0391. The molecule has 2 heterocycles. The van der Waals surface area contributed by atoms with E-state index in [4.69, 9.17) is 5.11 Å². The Bertz CT molecular complexity index is 572. The summed E-state index contributed by atoms with van der Waals surface area (Å²) in [6.45, 7) is 2.21. The Morgan fingerprint density at radius 2 is 2.14 bits per heavy atom. The van der Waals surface area contributed by atoms with Gasteiger partial charge in [-0.15, -0.1) is 0 Å². The number of hydrogen-bond donors (Lipinski definition) is 2. The van der Waals surface area contributed by atoms with E-state index < -0.39 is 5.97 Å². The van der Waals surface area contributed by atoms with Gasteiger partial charge in [0, 0.05) is 19.6 Å². The van der Waals surface area contributed by atoms with Crippen LogP contribution in [-0.4, -0.2) is 41.6 Å². The van der Waals surface area contributed by atoms with E-state index in [0.717, 1.165) is 25.9 Å². The summed E-state index contributed by atoms with van der Waals surface area (Å²) in [6.07, 6.45) is 4.25. The number of piperidine rings is 1. The molecule has 1 aromatic heterocycles. The minimum atomic E-state index is -1.03. The van der Waals surface area contributed by atoms with Gasteiger partial charge < -0.3 is 15.3 Å². The van der Waals surface area contributed by atoms with Gasteiger partial charge in [-0.1, -0.05) is 6.07 Å². The summed E-state index contributed by atoms with van der Waals surface area (Å²) in [5.41, 5.74) is 0.0396. The lowest BCUT2D eigenvalue weighted by molar-refractivity contribution is -0.125. The van der Waals surface area contributed by atoms with Crippen LogP contribution in [0.4, 0.5) is 5.82 Å². The number of rotatable bonds is 5. The zero-order valence-electron chi connectivity index (χ0n) is 12.5. The molecule has 6 heteroatoms. The van der Waals surface area contributed by atoms with E-state index in [1.54, 1.807) is 12.1 Å². The van der Waals surface area contributed by atoms with Gasteiger partial charge in [-0.05, 0) is 43.7 Å². The second-order valence-corrected chi connectivity index (χ2v) is 6.16. The van der Waals surface area contributed by atoms with Crippen LogP contribution in [0.15, 0.2) is 18.2 Å². The van der Waals surface area contributed by atoms with Crippen LogP contribution >= 0.6 is 0 Å². The third kappa shape index (κ3) is 3.55. The number of hydrogen-bond acceptors (Lipinski definition) is 4. The van der Waals surface area contributed by atoms with Gasteiger partial charge in [0.05, 0.1) is 5.92 Å². The summed E-state index contributed by atoms with van der Waals surface area (Å²) >= 11 is 0. The monoisotopic (exact) mass is 303 g/mol. The topological polar surface area (TPSA) is 82.5 Å². The van der Waals surface area contributed by atoms with Crippen molar-refractivity contribution in [3.05, 3.63) is 23.9 Å². The number of carbonyl (C=O) groups excluding carboxylic acids is 1. The molecule has 1 saturated heterocycles. The number of carboxylic acid groups (broad SMARTS) is 1. The lowest BCUT2D eigenvalue weighted by atomic mass is 9.97. The van der Waals surface area contributed by atoms with Gasteiger partial charge in [0.25, 0.3) is 0 Å². The van der Waals surface area contributed by atoms with E-state index in [0.29, 0.717) is 18.3 Å². The average Bonchev–Trinajstić information content (AvgIpc) is 3.37. The molecular formula is C16H21N3O3. The summed E-state index contributed by atoms with van der Waals surface area (Å²) in [7, 11) is 0. The highest BCUT2D eigenvalue weighted by Gasteiger charge is 2.28. The zero-order chi connectivity index (χ0) is 15.5. The fraction of sp³-hybridized carbons (Fsp3) is 0.562. The van der Waals surface area contributed by atoms with Crippen LogP contribution in [-0.2, 0) is 4.79 Å². The normalized spacial score (nSPS) is 21.5. The second-order valence-electron chi connectivity index (χ2n) is 6.16. The molecule has 1 amide bonds. The molecular weight excluding hydrogens is 282 g/mol. The average molecular weight is 303 g/mol. The van der Waals surface area contributed by atoms with E-state index in [2.05, 4.69) is 10.3 Å². The number of pyridine rings is 1. The van der Waals surface area contributed by atoms with Crippen LogP contribution in [0.3, 0.4) is 0 Å². The van der Waals surface area contributed by atoms with Gasteiger partial charge >= 0.3 is 5.97 Å². The first-order valence-electron chi connectivity index (χ1n) is 7.86. The van der Waals surface area contributed by atoms with E-state index in [9.17, 15) is 9.59 Å². The minimum Gasteiger partial charge on any atom is -0.477 e. The van der Waals surface area contributed by atoms with Crippen LogP contribution in [0.2, 0.25) is 0 Å². The Morgan fingerprint density at radius 3 is 2.86 bits per heavy atom. The number of aromatic carboxylic acids is 1. The molecule has 22 heavy (non-hydrogen) atoms. The maximum Gasteiger partial charge on any atom is 0.354 e. The fourth-order valence-electron chi connectivity index (χ4n) is 2.83. The number of nitrogens with one attached hydrogen (secondary N) is 1. The largest absolute Gasteiger partial charge is 0.477 e. The van der Waals surface area contributed by atoms with E-state index in [-0.39, 0.29) is 17.5 Å². The third-order valence-electron chi connectivity index (χ3n) is 4.33. The van der Waals surface area contributed by atoms with E-state index in [1.165, 1.54) is 18.9 Å². The highest BCUT2D eigenvalue weighted by atomic mass is 16.4. The second kappa shape index (κ2) is 6.34. The van der Waals surface area contributed by atoms with Crippen LogP contribution < -0.4 is 10.2 Å². The number of carboxylic acids is 1. The summed E-state index contributed by atoms with van der Waals surface area (Å²) in [5.74, 6) is 0.364. The smallest absolute Gasteiger partial charge is 0.354 e. The van der Waals surface area contributed by atoms with Crippen LogP contribution in [0.25, 0.3) is 0 Å². The molecule has 2 aliphatic rings. The first-order valence-corrected chi connectivity index (χ1v) is 7.86. The quantitative estimate of drug-likeness (QED) is 0.862. The van der Waals surface area contributed by atoms with Crippen molar-refractivity contribution < 1.29 is 14.7 Å². The molecule has 118 valence electrons. The number of anilines is 1. The summed E-state index contributed by atoms with van der Waals surface area (Å²) < 4.78 is 0. The van der Waals surface area contributed by atoms with Gasteiger partial charge in [-0.2, -0.15) is 0 Å². The van der Waals surface area contributed by atoms with Gasteiger partial charge in [-0.25, -0.2) is 9.78 Å². The molecule has 1 unspecified atom stereocenters. The number of amides is 1. The van der Waals surface area contributed by atoms with Crippen LogP contribution in [0.1, 0.15) is 36.2 Å². The highest BCUT2D eigenvalue weighted by Crippen LogP contribution is 2.28. The van der Waals surface area contributed by atoms with Gasteiger partial charge in [0.2, 0.25) is 5.91 Å². The summed E-state index contributed by atoms with van der Waals surface area (Å²) in [4.78, 5) is 29.4. The fourth-order valence-corrected chi connectivity index (χ4v) is 2.83. The number of nitrogens with zero attached hydrogens (tertiary/aromatic N) is 2. The molecule has 1 saturated carbocycles. The first kappa shape index (κ1) is 14.8. The van der Waals surface area contributed by atoms with Crippen molar-refractivity contribution in [2.75, 3.05) is 24.5 Å². The van der Waals surface area contributed by atoms with Crippen molar-refractivity contribution in [3.8, 4) is 0 Å². The molecule has 1 aliphatic carbocycles. The Balaban J connectivity index is 1.63. The lowest BCUT2D eigenvalue weighted by Gasteiger charge is -2.33. The molecule has 0 spiro atoms. The highest BCUT2D eigenvalue weighted by molar-refractivity contribution is 5.85. The van der Waals surface area contributed by atoms with E-state index in [1.807, 2.05) is 4.90 Å². The molecule has 0 bridgehead atoms. The van der Waals surface area contributed by atoms with Crippen LogP contribution in [0.5, 0.6) is 0 Å². The van der Waals surface area contributed by atoms with Crippen molar-refractivity contribution in [2.45, 2.75) is 25.7 Å². The summed E-state index contributed by atoms with van der Waals surface area (Å²) in [5, 5.41) is 12.1. The van der Waals surface area contributed by atoms with Crippen molar-refractivity contribution in [2.24, 2.45) is 11.8 Å². The third-order valence-corrected chi connectivity index (χ3v) is 4.33. The Hall–Kier alpha value is -2.11. The Labute approximate surface area is 129 Å². The van der Waals surface area contributed by atoms with Gasteiger partial charge in [0.15, 0.2) is 5.69 Å². The SMILES string of the molecule is O=C(O)c1cccc(N2CCCC(C(=O)NCC3CC3)C2)n1. The molecule has 1 aromatic rings. The predicted molar refractivity (Wildman–Crippen MR) is 81.9 cm³/mol. The van der Waals surface area contributed by atoms with Crippen molar-refractivity contribution in [1.82, 2.24) is 10.3 Å². The molecule has 6 nitrogen and oxygen atoms in total. The van der Waals surface area contributed by atoms with Crippen LogP contribution in [0, 0.1) is 11.8 Å². The molecule has 2 N–H and O–H groups in total. The number of aromatic nitrogens is 1. The molecule has 3 rings (SSSR count). The maximum absolute atomic E-state index is 12.2. The van der Waals surface area contributed by atoms with Gasteiger partial charge in [-0.3, -0.25) is 4.79 Å². The lowest BCUT2D eigenvalue weighted by Crippen LogP contribution is -2.43. The molecule has 1 aliphatic heterocycles. The van der Waals surface area contributed by atoms with Crippen molar-refractivity contribution >= 4 is 17.7 Å². The van der Waals surface area contributed by atoms with Gasteiger partial charge in [0.1, 0.15) is 5.82 Å². The molecule has 0 aromatic carbocycles. The number of carbonyl (C=O) groups is 2. The molecule has 1 atom stereocenters. The van der Waals surface area contributed by atoms with Crippen molar-refractivity contribution in [1.29, 1.82) is 0 Å². The Kier molecular flexibility index (Phi) is 4.27. The zero-order valence-corrected chi connectivity index (χ0v) is 12.5. The van der Waals surface area contributed by atoms with Crippen molar-refractivity contribution in [3.63, 3.8) is 0 Å². The first-order chi connectivity index (χ1) is 10.6. The Morgan fingerprint density at radius 1 is 1.32 bits per heavy atom.